The minimum Gasteiger partial charge on any atom is -0.465 e. The minimum absolute atomic E-state index is 0.0561. The molecule has 0 aromatic carbocycles. The van der Waals surface area contributed by atoms with Crippen LogP contribution in [0.1, 0.15) is 73.1 Å². The van der Waals surface area contributed by atoms with E-state index in [-0.39, 0.29) is 36.5 Å². The molecule has 38 heavy (non-hydrogen) atoms. The number of hydrogen-bond donors (Lipinski definition) is 1. The fourth-order valence-electron chi connectivity index (χ4n) is 10.9. The summed E-state index contributed by atoms with van der Waals surface area (Å²) in [5.41, 5.74) is -5.27. The fourth-order valence-corrected chi connectivity index (χ4v) is 10.9. The molecule has 6 fully saturated rings. The average Bonchev–Trinajstić information content (AvgIpc) is 3.11. The first-order valence-electron chi connectivity index (χ1n) is 14.4. The van der Waals surface area contributed by atoms with Crippen molar-refractivity contribution in [3.05, 3.63) is 11.6 Å². The highest BCUT2D eigenvalue weighted by atomic mass is 16.6. The van der Waals surface area contributed by atoms with Crippen molar-refractivity contribution in [3.63, 3.8) is 0 Å². The molecule has 11 unspecified atom stereocenters. The Hall–Kier alpha value is -1.90. The Balaban J connectivity index is 1.50. The maximum Gasteiger partial charge on any atom is 0.306 e. The van der Waals surface area contributed by atoms with E-state index in [1.54, 1.807) is 6.08 Å². The number of carbonyl (C=O) groups excluding carboxylic acids is 4. The fraction of sp³-hybridized carbons (Fsp3) is 0.800. The lowest BCUT2D eigenvalue weighted by molar-refractivity contribution is -0.333. The SMILES string of the molecule is CC1=CC(=O)C2C3COC(=O)CC4(C)C(C3=O)C(C)(C(=O)C3(O)N5CC6CC(C)CC5(CCC43C)O6)C2C1. The summed E-state index contributed by atoms with van der Waals surface area (Å²) in [5.74, 6) is -3.51. The Kier molecular flexibility index (Phi) is 4.78. The molecule has 2 saturated carbocycles. The van der Waals surface area contributed by atoms with Gasteiger partial charge in [-0.15, -0.1) is 0 Å². The van der Waals surface area contributed by atoms with Gasteiger partial charge in [-0.25, -0.2) is 4.90 Å². The molecule has 4 saturated heterocycles. The standard InChI is InChI=1S/C30H39NO7/c1-15-9-19-22(20(32)10-15)18-14-37-21(33)12-26(3)24(23(18)34)28(19,5)25(35)30(36)27(26,4)6-7-29-11-16(2)8-17(38-29)13-31(29)30/h10,16-19,22,24,36H,6-9,11-14H2,1-5H3. The van der Waals surface area contributed by atoms with Crippen molar-refractivity contribution in [2.45, 2.75) is 90.7 Å². The Bertz CT molecular complexity index is 1230. The van der Waals surface area contributed by atoms with Crippen molar-refractivity contribution in [1.29, 1.82) is 0 Å². The van der Waals surface area contributed by atoms with Crippen LogP contribution in [0.4, 0.5) is 0 Å². The van der Waals surface area contributed by atoms with Gasteiger partial charge in [-0.3, -0.25) is 19.2 Å². The number of nitrogens with zero attached hydrogens (tertiary/aromatic N) is 1. The number of aliphatic hydroxyl groups is 1. The van der Waals surface area contributed by atoms with Crippen molar-refractivity contribution in [2.75, 3.05) is 13.2 Å². The highest BCUT2D eigenvalue weighted by Crippen LogP contribution is 2.74. The van der Waals surface area contributed by atoms with Crippen LogP contribution in [0.2, 0.25) is 0 Å². The van der Waals surface area contributed by atoms with E-state index in [2.05, 4.69) is 6.92 Å². The van der Waals surface area contributed by atoms with E-state index < -0.39 is 57.3 Å². The molecule has 206 valence electrons. The molecule has 0 amide bonds. The second-order valence-electron chi connectivity index (χ2n) is 14.4. The van der Waals surface area contributed by atoms with Crippen LogP contribution < -0.4 is 0 Å². The van der Waals surface area contributed by atoms with Crippen molar-refractivity contribution in [2.24, 2.45) is 45.8 Å². The molecule has 0 aromatic rings. The van der Waals surface area contributed by atoms with E-state index in [1.165, 1.54) is 0 Å². The molecule has 4 heterocycles. The van der Waals surface area contributed by atoms with Crippen LogP contribution in [0.25, 0.3) is 0 Å². The number of Topliss-reactive ketones (excluding diaryl/α,β-unsaturated/α-hetero) is 2. The van der Waals surface area contributed by atoms with Gasteiger partial charge in [0.05, 0.1) is 18.4 Å². The van der Waals surface area contributed by atoms with Gasteiger partial charge in [-0.1, -0.05) is 33.3 Å². The number of fused-ring (bicyclic) bond motifs is 8. The lowest BCUT2D eigenvalue weighted by Gasteiger charge is -2.73. The summed E-state index contributed by atoms with van der Waals surface area (Å²) in [6, 6.07) is 0. The van der Waals surface area contributed by atoms with Crippen molar-refractivity contribution >= 4 is 23.3 Å². The zero-order valence-electron chi connectivity index (χ0n) is 23.0. The summed E-state index contributed by atoms with van der Waals surface area (Å²) < 4.78 is 12.2. The molecule has 8 heteroatoms. The Morgan fingerprint density at radius 1 is 1.11 bits per heavy atom. The lowest BCUT2D eigenvalue weighted by Crippen LogP contribution is -2.84. The van der Waals surface area contributed by atoms with Crippen LogP contribution in [0.3, 0.4) is 0 Å². The average molecular weight is 526 g/mol. The van der Waals surface area contributed by atoms with Gasteiger partial charge in [0.1, 0.15) is 18.1 Å². The number of rotatable bonds is 0. The van der Waals surface area contributed by atoms with Crippen molar-refractivity contribution in [1.82, 2.24) is 4.90 Å². The summed E-state index contributed by atoms with van der Waals surface area (Å²) in [6.45, 7) is 10.0. The van der Waals surface area contributed by atoms with Gasteiger partial charge < -0.3 is 14.6 Å². The zero-order valence-corrected chi connectivity index (χ0v) is 23.0. The predicted octanol–water partition coefficient (Wildman–Crippen LogP) is 2.81. The van der Waals surface area contributed by atoms with Crippen LogP contribution in [-0.2, 0) is 28.7 Å². The number of piperidine rings is 1. The summed E-state index contributed by atoms with van der Waals surface area (Å²) in [7, 11) is 0. The van der Waals surface area contributed by atoms with E-state index in [1.807, 2.05) is 32.6 Å². The van der Waals surface area contributed by atoms with Gasteiger partial charge in [0, 0.05) is 29.2 Å². The molecule has 7 aliphatic rings. The molecular weight excluding hydrogens is 486 g/mol. The molecule has 4 bridgehead atoms. The quantitative estimate of drug-likeness (QED) is 0.481. The first-order chi connectivity index (χ1) is 17.7. The normalized spacial score (nSPS) is 55.7. The van der Waals surface area contributed by atoms with Crippen LogP contribution >= 0.6 is 0 Å². The Labute approximate surface area is 223 Å². The summed E-state index contributed by atoms with van der Waals surface area (Å²) in [5, 5.41) is 13.1. The van der Waals surface area contributed by atoms with Crippen molar-refractivity contribution < 1.29 is 33.8 Å². The first-order valence-corrected chi connectivity index (χ1v) is 14.4. The molecule has 3 aliphatic carbocycles. The largest absolute Gasteiger partial charge is 0.465 e. The van der Waals surface area contributed by atoms with E-state index >= 15 is 4.79 Å². The molecular formula is C30H39NO7. The minimum atomic E-state index is -1.95. The third-order valence-corrected chi connectivity index (χ3v) is 12.6. The highest BCUT2D eigenvalue weighted by Gasteiger charge is 2.83. The van der Waals surface area contributed by atoms with Gasteiger partial charge in [-0.2, -0.15) is 0 Å². The number of carbonyl (C=O) groups is 4. The molecule has 1 N–H and O–H groups in total. The van der Waals surface area contributed by atoms with Crippen LogP contribution in [0, 0.1) is 45.8 Å². The van der Waals surface area contributed by atoms with Gasteiger partial charge >= 0.3 is 5.97 Å². The third-order valence-electron chi connectivity index (χ3n) is 12.6. The molecule has 0 aromatic heterocycles. The van der Waals surface area contributed by atoms with Crippen LogP contribution in [-0.4, -0.2) is 64.0 Å². The number of ketones is 3. The smallest absolute Gasteiger partial charge is 0.306 e. The topological polar surface area (TPSA) is 110 Å². The summed E-state index contributed by atoms with van der Waals surface area (Å²) in [6.07, 6.45) is 4.61. The van der Waals surface area contributed by atoms with Crippen molar-refractivity contribution in [3.8, 4) is 0 Å². The van der Waals surface area contributed by atoms with E-state index in [0.717, 1.165) is 18.4 Å². The molecule has 8 nitrogen and oxygen atoms in total. The second-order valence-corrected chi connectivity index (χ2v) is 14.4. The zero-order chi connectivity index (χ0) is 27.2. The van der Waals surface area contributed by atoms with Crippen LogP contribution in [0.5, 0.6) is 0 Å². The molecule has 7 rings (SSSR count). The number of esters is 1. The molecule has 11 atom stereocenters. The van der Waals surface area contributed by atoms with E-state index in [0.29, 0.717) is 31.7 Å². The molecule has 4 aliphatic heterocycles. The Morgan fingerprint density at radius 3 is 2.58 bits per heavy atom. The maximum atomic E-state index is 15.2. The second kappa shape index (κ2) is 7.24. The van der Waals surface area contributed by atoms with E-state index in [9.17, 15) is 19.5 Å². The highest BCUT2D eigenvalue weighted by molar-refractivity contribution is 6.07. The predicted molar refractivity (Wildman–Crippen MR) is 134 cm³/mol. The number of ether oxygens (including phenoxy) is 2. The van der Waals surface area contributed by atoms with Gasteiger partial charge in [0.2, 0.25) is 0 Å². The third kappa shape index (κ3) is 2.55. The van der Waals surface area contributed by atoms with E-state index in [4.69, 9.17) is 9.47 Å². The number of cyclic esters (lactones) is 1. The number of hydrogen-bond acceptors (Lipinski definition) is 8. The number of allylic oxidation sites excluding steroid dienone is 2. The van der Waals surface area contributed by atoms with Gasteiger partial charge in [-0.05, 0) is 62.4 Å². The van der Waals surface area contributed by atoms with Gasteiger partial charge in [0.25, 0.3) is 0 Å². The van der Waals surface area contributed by atoms with Gasteiger partial charge in [0.15, 0.2) is 17.3 Å². The Morgan fingerprint density at radius 2 is 1.84 bits per heavy atom. The van der Waals surface area contributed by atoms with Crippen LogP contribution in [0.15, 0.2) is 11.6 Å². The molecule has 0 radical (unpaired) electrons. The summed E-state index contributed by atoms with van der Waals surface area (Å²) >= 11 is 0. The monoisotopic (exact) mass is 525 g/mol. The first kappa shape index (κ1) is 25.1. The lowest BCUT2D eigenvalue weighted by atomic mass is 9.33. The maximum absolute atomic E-state index is 15.2. The molecule has 1 spiro atoms. The summed E-state index contributed by atoms with van der Waals surface area (Å²) in [4.78, 5) is 58.4.